The van der Waals surface area contributed by atoms with Crippen LogP contribution in [0.3, 0.4) is 0 Å². The Hall–Kier alpha value is -2.50. The van der Waals surface area contributed by atoms with Crippen LogP contribution in [0.15, 0.2) is 30.7 Å². The molecular weight excluding hydrogens is 268 g/mol. The van der Waals surface area contributed by atoms with Gasteiger partial charge >= 0.3 is 0 Å². The maximum absolute atomic E-state index is 12.5. The van der Waals surface area contributed by atoms with Gasteiger partial charge in [0, 0.05) is 26.7 Å². The lowest BCUT2D eigenvalue weighted by molar-refractivity contribution is 0.0967. The Morgan fingerprint density at radius 3 is 2.71 bits per heavy atom. The van der Waals surface area contributed by atoms with Crippen LogP contribution >= 0.6 is 0 Å². The summed E-state index contributed by atoms with van der Waals surface area (Å²) < 4.78 is 1.55. The van der Waals surface area contributed by atoms with E-state index >= 15 is 0 Å². The first-order valence-corrected chi connectivity index (χ1v) is 6.79. The molecule has 6 nitrogen and oxygen atoms in total. The van der Waals surface area contributed by atoms with Crippen molar-refractivity contribution in [3.05, 3.63) is 42.2 Å². The summed E-state index contributed by atoms with van der Waals surface area (Å²) in [6.45, 7) is 1.93. The number of hydrogen-bond acceptors (Lipinski definition) is 4. The van der Waals surface area contributed by atoms with Crippen molar-refractivity contribution in [3.63, 3.8) is 0 Å². The van der Waals surface area contributed by atoms with Crippen molar-refractivity contribution in [1.82, 2.24) is 14.5 Å². The number of rotatable bonds is 5. The first kappa shape index (κ1) is 14.9. The molecule has 0 unspecified atom stereocenters. The van der Waals surface area contributed by atoms with Crippen LogP contribution in [0.4, 0.5) is 5.69 Å². The Morgan fingerprint density at radius 2 is 2.10 bits per heavy atom. The summed E-state index contributed by atoms with van der Waals surface area (Å²) in [6.07, 6.45) is 5.88. The van der Waals surface area contributed by atoms with E-state index in [4.69, 9.17) is 0 Å². The van der Waals surface area contributed by atoms with Crippen LogP contribution in [-0.2, 0) is 7.05 Å². The number of pyridine rings is 1. The fourth-order valence-electron chi connectivity index (χ4n) is 2.05. The van der Waals surface area contributed by atoms with Crippen LogP contribution in [0.2, 0.25) is 0 Å². The first-order valence-electron chi connectivity index (χ1n) is 6.79. The summed E-state index contributed by atoms with van der Waals surface area (Å²) in [6, 6.07) is 3.56. The molecule has 0 spiro atoms. The van der Waals surface area contributed by atoms with Crippen LogP contribution in [0.1, 0.15) is 40.9 Å². The van der Waals surface area contributed by atoms with Gasteiger partial charge in [-0.25, -0.2) is 4.98 Å². The van der Waals surface area contributed by atoms with Crippen LogP contribution in [0.5, 0.6) is 0 Å². The van der Waals surface area contributed by atoms with Crippen LogP contribution in [-0.4, -0.2) is 33.3 Å². The zero-order chi connectivity index (χ0) is 15.4. The normalized spacial score (nSPS) is 10.4. The summed E-state index contributed by atoms with van der Waals surface area (Å²) in [7, 11) is 3.35. The van der Waals surface area contributed by atoms with Crippen LogP contribution < -0.4 is 4.90 Å². The van der Waals surface area contributed by atoms with E-state index in [9.17, 15) is 9.59 Å². The highest BCUT2D eigenvalue weighted by Crippen LogP contribution is 2.15. The second kappa shape index (κ2) is 6.30. The average molecular weight is 286 g/mol. The van der Waals surface area contributed by atoms with Gasteiger partial charge in [-0.3, -0.25) is 14.6 Å². The van der Waals surface area contributed by atoms with Gasteiger partial charge in [-0.1, -0.05) is 6.92 Å². The van der Waals surface area contributed by atoms with Crippen molar-refractivity contribution in [3.8, 4) is 0 Å². The van der Waals surface area contributed by atoms with E-state index in [1.165, 1.54) is 11.1 Å². The molecule has 1 amide bonds. The second-order valence-electron chi connectivity index (χ2n) is 4.77. The van der Waals surface area contributed by atoms with Crippen molar-refractivity contribution in [1.29, 1.82) is 0 Å². The van der Waals surface area contributed by atoms with Gasteiger partial charge in [0.2, 0.25) is 0 Å². The lowest BCUT2D eigenvalue weighted by Crippen LogP contribution is -2.28. The molecule has 2 heterocycles. The summed E-state index contributed by atoms with van der Waals surface area (Å²) >= 11 is 0. The second-order valence-corrected chi connectivity index (χ2v) is 4.77. The largest absolute Gasteiger partial charge is 0.321 e. The third kappa shape index (κ3) is 2.99. The number of hydrogen-bond donors (Lipinski definition) is 0. The van der Waals surface area contributed by atoms with E-state index in [-0.39, 0.29) is 11.7 Å². The molecule has 0 N–H and O–H groups in total. The van der Waals surface area contributed by atoms with Crippen molar-refractivity contribution in [2.45, 2.75) is 19.8 Å². The molecule has 2 aromatic rings. The fourth-order valence-corrected chi connectivity index (χ4v) is 2.05. The molecule has 6 heteroatoms. The Kier molecular flexibility index (Phi) is 4.47. The SMILES string of the molecule is CCCC(=O)c1ncc(C(=O)N(C)c2cccnc2)n1C. The number of carbonyl (C=O) groups excluding carboxylic acids is 2. The van der Waals surface area contributed by atoms with E-state index in [0.717, 1.165) is 6.42 Å². The van der Waals surface area contributed by atoms with Crippen molar-refractivity contribution in [2.24, 2.45) is 7.05 Å². The molecule has 0 aromatic carbocycles. The Bertz CT molecular complexity index is 649. The maximum atomic E-state index is 12.5. The number of ketones is 1. The number of aromatic nitrogens is 3. The van der Waals surface area contributed by atoms with Gasteiger partial charge in [-0.15, -0.1) is 0 Å². The number of carbonyl (C=O) groups is 2. The molecule has 0 saturated carbocycles. The van der Waals surface area contributed by atoms with Gasteiger partial charge in [-0.05, 0) is 18.6 Å². The van der Waals surface area contributed by atoms with Crippen molar-refractivity contribution >= 4 is 17.4 Å². The number of anilines is 1. The van der Waals surface area contributed by atoms with E-state index < -0.39 is 0 Å². The standard InChI is InChI=1S/C15H18N4O2/c1-4-6-13(20)14-17-10-12(19(14)3)15(21)18(2)11-7-5-8-16-9-11/h5,7-10H,4,6H2,1-3H3. The van der Waals surface area contributed by atoms with Gasteiger partial charge in [0.1, 0.15) is 5.69 Å². The van der Waals surface area contributed by atoms with Gasteiger partial charge in [-0.2, -0.15) is 0 Å². The highest BCUT2D eigenvalue weighted by molar-refractivity contribution is 6.05. The molecule has 2 aromatic heterocycles. The molecule has 21 heavy (non-hydrogen) atoms. The topological polar surface area (TPSA) is 68.1 Å². The lowest BCUT2D eigenvalue weighted by Gasteiger charge is -2.16. The Morgan fingerprint density at radius 1 is 1.33 bits per heavy atom. The predicted octanol–water partition coefficient (Wildman–Crippen LogP) is 2.07. The minimum Gasteiger partial charge on any atom is -0.321 e. The summed E-state index contributed by atoms with van der Waals surface area (Å²) in [4.78, 5) is 34.0. The average Bonchev–Trinajstić information content (AvgIpc) is 2.88. The Labute approximate surface area is 123 Å². The quantitative estimate of drug-likeness (QED) is 0.789. The van der Waals surface area contributed by atoms with Crippen LogP contribution in [0.25, 0.3) is 0 Å². The summed E-state index contributed by atoms with van der Waals surface area (Å²) in [5.74, 6) is 0.0383. The molecule has 2 rings (SSSR count). The van der Waals surface area contributed by atoms with E-state index in [0.29, 0.717) is 23.6 Å². The fraction of sp³-hybridized carbons (Fsp3) is 0.333. The highest BCUT2D eigenvalue weighted by Gasteiger charge is 2.21. The predicted molar refractivity (Wildman–Crippen MR) is 79.4 cm³/mol. The number of Topliss-reactive ketones (excluding diaryl/α,β-unsaturated/α-hetero) is 1. The Balaban J connectivity index is 2.26. The van der Waals surface area contributed by atoms with Gasteiger partial charge in [0.15, 0.2) is 11.6 Å². The molecule has 0 atom stereocenters. The van der Waals surface area contributed by atoms with Gasteiger partial charge < -0.3 is 9.47 Å². The third-order valence-corrected chi connectivity index (χ3v) is 3.27. The molecule has 0 aliphatic carbocycles. The third-order valence-electron chi connectivity index (χ3n) is 3.27. The molecule has 0 aliphatic rings. The highest BCUT2D eigenvalue weighted by atomic mass is 16.2. The van der Waals surface area contributed by atoms with Crippen LogP contribution in [0, 0.1) is 0 Å². The lowest BCUT2D eigenvalue weighted by atomic mass is 10.2. The molecule has 0 saturated heterocycles. The monoisotopic (exact) mass is 286 g/mol. The summed E-state index contributed by atoms with van der Waals surface area (Å²) in [5, 5.41) is 0. The summed E-state index contributed by atoms with van der Waals surface area (Å²) in [5.41, 5.74) is 1.06. The smallest absolute Gasteiger partial charge is 0.276 e. The van der Waals surface area contributed by atoms with E-state index in [1.807, 2.05) is 6.92 Å². The van der Waals surface area contributed by atoms with Crippen molar-refractivity contribution in [2.75, 3.05) is 11.9 Å². The van der Waals surface area contributed by atoms with E-state index in [1.54, 1.807) is 43.2 Å². The zero-order valence-corrected chi connectivity index (χ0v) is 12.4. The number of amides is 1. The van der Waals surface area contributed by atoms with Gasteiger partial charge in [0.05, 0.1) is 18.1 Å². The minimum absolute atomic E-state index is 0.0527. The molecule has 0 aliphatic heterocycles. The number of imidazole rings is 1. The first-order chi connectivity index (χ1) is 10.1. The number of nitrogens with zero attached hydrogens (tertiary/aromatic N) is 4. The van der Waals surface area contributed by atoms with Gasteiger partial charge in [0.25, 0.3) is 5.91 Å². The zero-order valence-electron chi connectivity index (χ0n) is 12.4. The molecular formula is C15H18N4O2. The van der Waals surface area contributed by atoms with Crippen molar-refractivity contribution < 1.29 is 9.59 Å². The molecule has 0 fully saturated rings. The molecule has 0 radical (unpaired) electrons. The van der Waals surface area contributed by atoms with E-state index in [2.05, 4.69) is 9.97 Å². The maximum Gasteiger partial charge on any atom is 0.276 e. The molecule has 0 bridgehead atoms. The minimum atomic E-state index is -0.228. The molecule has 110 valence electrons.